The molecule has 3 aromatic rings. The highest BCUT2D eigenvalue weighted by Crippen LogP contribution is 2.45. The number of benzene rings is 2. The van der Waals surface area contributed by atoms with Crippen LogP contribution in [0.3, 0.4) is 0 Å². The second-order valence-corrected chi connectivity index (χ2v) is 14.8. The lowest BCUT2D eigenvalue weighted by atomic mass is 9.94. The van der Waals surface area contributed by atoms with E-state index in [0.29, 0.717) is 41.5 Å². The molecule has 2 aliphatic carbocycles. The first-order valence-electron chi connectivity index (χ1n) is 16.6. The number of amides is 1. The third-order valence-electron chi connectivity index (χ3n) is 9.87. The van der Waals surface area contributed by atoms with Crippen LogP contribution in [0.15, 0.2) is 65.6 Å². The van der Waals surface area contributed by atoms with E-state index >= 15 is 0 Å². The highest BCUT2D eigenvalue weighted by molar-refractivity contribution is 7.89. The highest BCUT2D eigenvalue weighted by atomic mass is 32.2. The Morgan fingerprint density at radius 1 is 0.958 bits per heavy atom. The van der Waals surface area contributed by atoms with Crippen molar-refractivity contribution in [3.8, 4) is 11.3 Å². The van der Waals surface area contributed by atoms with E-state index < -0.39 is 39.0 Å². The van der Waals surface area contributed by atoms with Crippen LogP contribution in [0.4, 0.5) is 23.4 Å². The van der Waals surface area contributed by atoms with Crippen molar-refractivity contribution in [1.29, 1.82) is 0 Å². The fourth-order valence-electron chi connectivity index (χ4n) is 7.07. The van der Waals surface area contributed by atoms with Crippen molar-refractivity contribution in [3.63, 3.8) is 0 Å². The van der Waals surface area contributed by atoms with Gasteiger partial charge in [-0.3, -0.25) is 9.69 Å². The van der Waals surface area contributed by atoms with Gasteiger partial charge < -0.3 is 10.2 Å². The zero-order chi connectivity index (χ0) is 34.1. The van der Waals surface area contributed by atoms with Gasteiger partial charge in [0, 0.05) is 50.9 Å². The number of nitrogens with one attached hydrogen (secondary N) is 1. The molecule has 258 valence electrons. The van der Waals surface area contributed by atoms with Gasteiger partial charge in [-0.2, -0.15) is 17.5 Å². The first kappa shape index (κ1) is 34.3. The molecule has 1 amide bonds. The van der Waals surface area contributed by atoms with Crippen molar-refractivity contribution in [1.82, 2.24) is 19.5 Å². The molecular weight excluding hydrogens is 646 g/mol. The molecule has 6 rings (SSSR count). The van der Waals surface area contributed by atoms with Gasteiger partial charge in [0.2, 0.25) is 15.9 Å². The SMILES string of the molecule is CCN(C1(C(=O)NCc2cc(-c3ccc(C(F)(F)F)cc3)nc(N3CCN(C4CCCCC4)CC3)c2)CC1)S(=O)(=O)c1ccc(F)cc1. The number of pyridine rings is 1. The third-order valence-corrected chi connectivity index (χ3v) is 11.9. The lowest BCUT2D eigenvalue weighted by Crippen LogP contribution is -2.51. The number of piperazine rings is 1. The molecule has 1 saturated heterocycles. The fourth-order valence-corrected chi connectivity index (χ4v) is 8.87. The predicted octanol–water partition coefficient (Wildman–Crippen LogP) is 6.22. The van der Waals surface area contributed by atoms with Crippen molar-refractivity contribution in [2.75, 3.05) is 37.6 Å². The van der Waals surface area contributed by atoms with E-state index in [1.807, 2.05) is 6.07 Å². The van der Waals surface area contributed by atoms with E-state index in [1.165, 1.54) is 60.7 Å². The fraction of sp³-hybridized carbons (Fsp3) is 0.486. The molecule has 1 N–H and O–H groups in total. The monoisotopic (exact) mass is 687 g/mol. The molecule has 0 atom stereocenters. The average Bonchev–Trinajstić information content (AvgIpc) is 3.89. The number of carbonyl (C=O) groups is 1. The Morgan fingerprint density at radius 2 is 1.60 bits per heavy atom. The number of alkyl halides is 3. The van der Waals surface area contributed by atoms with Crippen LogP contribution in [0.25, 0.3) is 11.3 Å². The maximum Gasteiger partial charge on any atom is 0.416 e. The van der Waals surface area contributed by atoms with Crippen molar-refractivity contribution in [2.24, 2.45) is 0 Å². The number of sulfonamides is 1. The van der Waals surface area contributed by atoms with Crippen LogP contribution in [-0.4, -0.2) is 72.8 Å². The van der Waals surface area contributed by atoms with E-state index in [0.717, 1.165) is 50.4 Å². The molecule has 2 heterocycles. The Kier molecular flexibility index (Phi) is 9.83. The number of anilines is 1. The van der Waals surface area contributed by atoms with Crippen LogP contribution in [0, 0.1) is 5.82 Å². The molecule has 0 radical (unpaired) electrons. The number of likely N-dealkylation sites (N-methyl/N-ethyl adjacent to an activating group) is 1. The molecular formula is C35H41F4N5O3S. The normalized spacial score (nSPS) is 19.0. The molecule has 8 nitrogen and oxygen atoms in total. The maximum absolute atomic E-state index is 13.7. The minimum Gasteiger partial charge on any atom is -0.354 e. The summed E-state index contributed by atoms with van der Waals surface area (Å²) in [5.74, 6) is -0.324. The summed E-state index contributed by atoms with van der Waals surface area (Å²) in [6, 6.07) is 13.6. The number of rotatable bonds is 10. The van der Waals surface area contributed by atoms with Crippen LogP contribution < -0.4 is 10.2 Å². The number of hydrogen-bond acceptors (Lipinski definition) is 6. The number of halogens is 4. The minimum absolute atomic E-state index is 0.0530. The number of carbonyl (C=O) groups excluding carboxylic acids is 1. The average molecular weight is 688 g/mol. The molecule has 3 aliphatic rings. The Balaban J connectivity index is 1.22. The standard InChI is InChI=1S/C35H41F4N5O3S/c1-2-44(48(46,47)30-14-12-28(36)13-15-30)34(16-17-34)33(45)40-24-25-22-31(26-8-10-27(11-9-26)35(37,38)39)41-32(23-25)43-20-18-42(19-21-43)29-6-4-3-5-7-29/h8-15,22-23,29H,2-7,16-21,24H2,1H3,(H,40,45). The first-order valence-corrected chi connectivity index (χ1v) is 18.1. The van der Waals surface area contributed by atoms with Crippen LogP contribution in [-0.2, 0) is 27.5 Å². The van der Waals surface area contributed by atoms with Gasteiger partial charge in [0.15, 0.2) is 0 Å². The zero-order valence-corrected chi connectivity index (χ0v) is 27.8. The Morgan fingerprint density at radius 3 is 2.19 bits per heavy atom. The van der Waals surface area contributed by atoms with Crippen LogP contribution in [0.2, 0.25) is 0 Å². The van der Waals surface area contributed by atoms with Gasteiger partial charge in [0.05, 0.1) is 16.2 Å². The zero-order valence-electron chi connectivity index (χ0n) is 27.0. The predicted molar refractivity (Wildman–Crippen MR) is 175 cm³/mol. The van der Waals surface area contributed by atoms with E-state index in [2.05, 4.69) is 15.1 Å². The van der Waals surface area contributed by atoms with E-state index in [-0.39, 0.29) is 18.0 Å². The minimum atomic E-state index is -4.46. The molecule has 13 heteroatoms. The highest BCUT2D eigenvalue weighted by Gasteiger charge is 2.58. The summed E-state index contributed by atoms with van der Waals surface area (Å²) >= 11 is 0. The maximum atomic E-state index is 13.7. The van der Waals surface area contributed by atoms with Crippen molar-refractivity contribution >= 4 is 21.7 Å². The Hall–Kier alpha value is -3.55. The van der Waals surface area contributed by atoms with Gasteiger partial charge in [-0.25, -0.2) is 17.8 Å². The molecule has 0 spiro atoms. The van der Waals surface area contributed by atoms with Crippen molar-refractivity contribution < 1.29 is 30.8 Å². The number of nitrogens with zero attached hydrogens (tertiary/aromatic N) is 4. The second kappa shape index (κ2) is 13.8. The number of aromatic nitrogens is 1. The van der Waals surface area contributed by atoms with Crippen molar-refractivity contribution in [2.45, 2.75) is 81.1 Å². The Bertz CT molecular complexity index is 1700. The Labute approximate surface area is 279 Å². The van der Waals surface area contributed by atoms with Crippen LogP contribution >= 0.6 is 0 Å². The molecule has 1 aliphatic heterocycles. The van der Waals surface area contributed by atoms with Gasteiger partial charge in [0.25, 0.3) is 0 Å². The molecule has 0 bridgehead atoms. The largest absolute Gasteiger partial charge is 0.416 e. The third kappa shape index (κ3) is 7.23. The first-order chi connectivity index (χ1) is 22.9. The van der Waals surface area contributed by atoms with E-state index in [1.54, 1.807) is 13.0 Å². The molecule has 3 fully saturated rings. The summed E-state index contributed by atoms with van der Waals surface area (Å²) in [6.07, 6.45) is 2.46. The smallest absolute Gasteiger partial charge is 0.354 e. The summed E-state index contributed by atoms with van der Waals surface area (Å²) < 4.78 is 81.6. The summed E-state index contributed by atoms with van der Waals surface area (Å²) in [4.78, 5) is 23.2. The van der Waals surface area contributed by atoms with Gasteiger partial charge in [-0.15, -0.1) is 0 Å². The van der Waals surface area contributed by atoms with Gasteiger partial charge in [-0.1, -0.05) is 38.3 Å². The van der Waals surface area contributed by atoms with Gasteiger partial charge in [0.1, 0.15) is 17.2 Å². The lowest BCUT2D eigenvalue weighted by molar-refractivity contribution is -0.137. The molecule has 48 heavy (non-hydrogen) atoms. The van der Waals surface area contributed by atoms with Gasteiger partial charge >= 0.3 is 6.18 Å². The summed E-state index contributed by atoms with van der Waals surface area (Å²) in [5.41, 5.74) is -0.323. The van der Waals surface area contributed by atoms with Crippen molar-refractivity contribution in [3.05, 3.63) is 77.6 Å². The van der Waals surface area contributed by atoms with E-state index in [4.69, 9.17) is 4.98 Å². The summed E-state index contributed by atoms with van der Waals surface area (Å²) in [5, 5.41) is 2.93. The molecule has 2 aromatic carbocycles. The van der Waals surface area contributed by atoms with Crippen LogP contribution in [0.5, 0.6) is 0 Å². The molecule has 0 unspecified atom stereocenters. The quantitative estimate of drug-likeness (QED) is 0.255. The molecule has 2 saturated carbocycles. The lowest BCUT2D eigenvalue weighted by Gasteiger charge is -2.41. The van der Waals surface area contributed by atoms with E-state index in [9.17, 15) is 30.8 Å². The molecule has 1 aromatic heterocycles. The van der Waals surface area contributed by atoms with Gasteiger partial charge in [-0.05, 0) is 79.8 Å². The van der Waals surface area contributed by atoms with Crippen LogP contribution in [0.1, 0.15) is 63.0 Å². The second-order valence-electron chi connectivity index (χ2n) is 12.9. The topological polar surface area (TPSA) is 85.8 Å². The summed E-state index contributed by atoms with van der Waals surface area (Å²) in [6.45, 7) is 5.07. The number of hydrogen-bond donors (Lipinski definition) is 1. The summed E-state index contributed by atoms with van der Waals surface area (Å²) in [7, 11) is -4.08.